The summed E-state index contributed by atoms with van der Waals surface area (Å²) in [5, 5.41) is 13.6. The van der Waals surface area contributed by atoms with Crippen molar-refractivity contribution in [1.82, 2.24) is 19.4 Å². The zero-order valence-electron chi connectivity index (χ0n) is 22.2. The van der Waals surface area contributed by atoms with Crippen molar-refractivity contribution in [2.24, 2.45) is 7.05 Å². The fourth-order valence-corrected chi connectivity index (χ4v) is 5.20. The molecule has 38 heavy (non-hydrogen) atoms. The molecule has 0 bridgehead atoms. The Hall–Kier alpha value is -4.32. The van der Waals surface area contributed by atoms with Crippen LogP contribution >= 0.6 is 0 Å². The number of anilines is 1. The largest absolute Gasteiger partial charge is 0.444 e. The van der Waals surface area contributed by atoms with Gasteiger partial charge in [-0.3, -0.25) is 9.13 Å². The maximum atomic E-state index is 13.6. The second-order valence-corrected chi connectivity index (χ2v) is 10.8. The summed E-state index contributed by atoms with van der Waals surface area (Å²) in [4.78, 5) is 33.2. The number of aryl methyl sites for hydroxylation is 1. The van der Waals surface area contributed by atoms with E-state index in [9.17, 15) is 14.9 Å². The van der Waals surface area contributed by atoms with Crippen molar-refractivity contribution in [1.29, 1.82) is 5.26 Å². The van der Waals surface area contributed by atoms with Crippen LogP contribution in [-0.4, -0.2) is 44.9 Å². The highest BCUT2D eigenvalue weighted by Gasteiger charge is 2.29. The first kappa shape index (κ1) is 25.3. The molecule has 4 aromatic rings. The van der Waals surface area contributed by atoms with Crippen molar-refractivity contribution in [2.45, 2.75) is 51.8 Å². The summed E-state index contributed by atoms with van der Waals surface area (Å²) in [5.41, 5.74) is 3.54. The molecule has 2 aromatic heterocycles. The maximum absolute atomic E-state index is 13.6. The number of amides is 1. The van der Waals surface area contributed by atoms with E-state index >= 15 is 0 Å². The van der Waals surface area contributed by atoms with Gasteiger partial charge in [0.05, 0.1) is 29.4 Å². The highest BCUT2D eigenvalue weighted by Crippen LogP contribution is 2.35. The minimum Gasteiger partial charge on any atom is -0.444 e. The molecule has 1 fully saturated rings. The number of nitrogens with one attached hydrogen (secondary N) is 1. The number of carbonyl (C=O) groups is 1. The average Bonchev–Trinajstić information content (AvgIpc) is 3.11. The Labute approximate surface area is 221 Å². The van der Waals surface area contributed by atoms with Crippen LogP contribution in [0.15, 0.2) is 53.3 Å². The lowest BCUT2D eigenvalue weighted by Crippen LogP contribution is -2.49. The predicted octanol–water partition coefficient (Wildman–Crippen LogP) is 4.30. The Balaban J connectivity index is 1.63. The van der Waals surface area contributed by atoms with Gasteiger partial charge < -0.3 is 15.0 Å². The molecule has 9 heteroatoms. The first-order valence-corrected chi connectivity index (χ1v) is 12.9. The Kier molecular flexibility index (Phi) is 6.57. The van der Waals surface area contributed by atoms with Gasteiger partial charge in [0.1, 0.15) is 11.1 Å². The third kappa shape index (κ3) is 4.82. The van der Waals surface area contributed by atoms with E-state index in [4.69, 9.17) is 9.72 Å². The van der Waals surface area contributed by atoms with Crippen LogP contribution in [0.5, 0.6) is 0 Å². The van der Waals surface area contributed by atoms with Gasteiger partial charge in [-0.25, -0.2) is 14.6 Å². The fourth-order valence-electron chi connectivity index (χ4n) is 5.20. The number of nitrogens with zero attached hydrogens (tertiary/aromatic N) is 5. The number of benzene rings is 2. The number of piperidine rings is 1. The fraction of sp³-hybridized carbons (Fsp3) is 0.379. The van der Waals surface area contributed by atoms with Crippen molar-refractivity contribution >= 4 is 33.8 Å². The monoisotopic (exact) mass is 512 g/mol. The number of hydrogen-bond acceptors (Lipinski definition) is 6. The highest BCUT2D eigenvalue weighted by molar-refractivity contribution is 6.05. The molecule has 1 aliphatic rings. The van der Waals surface area contributed by atoms with Crippen LogP contribution in [-0.2, 0) is 18.3 Å². The Morgan fingerprint density at radius 1 is 1.18 bits per heavy atom. The SMILES string of the molecule is Cn1c(=O)n(Cc2ccccc2C#N)c2c(N3CCC[C@@H](NC(=O)OC(C)(C)C)C3)c3ccccc3nc21. The molecule has 0 unspecified atom stereocenters. The molecule has 0 spiro atoms. The summed E-state index contributed by atoms with van der Waals surface area (Å²) in [6.07, 6.45) is 1.27. The van der Waals surface area contributed by atoms with E-state index in [0.717, 1.165) is 47.1 Å². The topological polar surface area (TPSA) is 105 Å². The number of aromatic nitrogens is 3. The summed E-state index contributed by atoms with van der Waals surface area (Å²) in [6, 6.07) is 17.3. The molecule has 9 nitrogen and oxygen atoms in total. The third-order valence-electron chi connectivity index (χ3n) is 6.85. The lowest BCUT2D eigenvalue weighted by Gasteiger charge is -2.36. The van der Waals surface area contributed by atoms with Crippen molar-refractivity contribution in [3.8, 4) is 6.07 Å². The van der Waals surface area contributed by atoms with Crippen LogP contribution in [0, 0.1) is 11.3 Å². The molecule has 196 valence electrons. The molecule has 5 rings (SSSR count). The van der Waals surface area contributed by atoms with Crippen LogP contribution in [0.1, 0.15) is 44.7 Å². The van der Waals surface area contributed by atoms with Gasteiger partial charge in [0.15, 0.2) is 5.65 Å². The second-order valence-electron chi connectivity index (χ2n) is 10.8. The standard InChI is InChI=1S/C29H32N6O3/c1-29(2,3)38-27(36)31-21-12-9-15-34(18-21)24-22-13-7-8-14-23(22)32-26-25(24)35(28(37)33(26)4)17-20-11-6-5-10-19(20)16-30/h5-8,10-11,13-14,21H,9,12,15,17-18H2,1-4H3,(H,31,36)/t21-/m1/s1. The van der Waals surface area contributed by atoms with Gasteiger partial charge >= 0.3 is 11.8 Å². The summed E-state index contributed by atoms with van der Waals surface area (Å²) >= 11 is 0. The van der Waals surface area contributed by atoms with E-state index in [1.807, 2.05) is 63.2 Å². The van der Waals surface area contributed by atoms with Gasteiger partial charge in [-0.2, -0.15) is 5.26 Å². The van der Waals surface area contributed by atoms with E-state index in [2.05, 4.69) is 16.3 Å². The van der Waals surface area contributed by atoms with E-state index in [-0.39, 0.29) is 18.3 Å². The second kappa shape index (κ2) is 9.86. The Morgan fingerprint density at radius 3 is 2.68 bits per heavy atom. The lowest BCUT2D eigenvalue weighted by molar-refractivity contribution is 0.0500. The lowest BCUT2D eigenvalue weighted by atomic mass is 10.0. The molecule has 1 N–H and O–H groups in total. The van der Waals surface area contributed by atoms with Gasteiger partial charge in [0.25, 0.3) is 0 Å². The number of rotatable bonds is 4. The van der Waals surface area contributed by atoms with E-state index < -0.39 is 11.7 Å². The predicted molar refractivity (Wildman–Crippen MR) is 147 cm³/mol. The summed E-state index contributed by atoms with van der Waals surface area (Å²) in [6.45, 7) is 7.13. The van der Waals surface area contributed by atoms with Gasteiger partial charge in [-0.1, -0.05) is 36.4 Å². The van der Waals surface area contributed by atoms with Crippen LogP contribution in [0.25, 0.3) is 22.1 Å². The number of nitriles is 1. The molecule has 1 amide bonds. The summed E-state index contributed by atoms with van der Waals surface area (Å²) in [7, 11) is 1.73. The van der Waals surface area contributed by atoms with E-state index in [1.165, 1.54) is 0 Å². The molecule has 3 heterocycles. The minimum atomic E-state index is -0.578. The van der Waals surface area contributed by atoms with Crippen LogP contribution in [0.3, 0.4) is 0 Å². The van der Waals surface area contributed by atoms with Crippen LogP contribution in [0.2, 0.25) is 0 Å². The highest BCUT2D eigenvalue weighted by atomic mass is 16.6. The Bertz CT molecular complexity index is 1620. The van der Waals surface area contributed by atoms with E-state index in [0.29, 0.717) is 17.8 Å². The molecule has 1 saturated heterocycles. The van der Waals surface area contributed by atoms with Crippen LogP contribution < -0.4 is 15.9 Å². The normalized spacial score (nSPS) is 16.0. The van der Waals surface area contributed by atoms with Crippen LogP contribution in [0.4, 0.5) is 10.5 Å². The third-order valence-corrected chi connectivity index (χ3v) is 6.85. The molecule has 1 aliphatic heterocycles. The van der Waals surface area contributed by atoms with Gasteiger partial charge in [-0.05, 0) is 51.3 Å². The molecule has 0 saturated carbocycles. The number of pyridine rings is 1. The van der Waals surface area contributed by atoms with Crippen molar-refractivity contribution in [3.05, 3.63) is 70.1 Å². The average molecular weight is 513 g/mol. The van der Waals surface area contributed by atoms with Gasteiger partial charge in [0, 0.05) is 31.6 Å². The Morgan fingerprint density at radius 2 is 1.92 bits per heavy atom. The van der Waals surface area contributed by atoms with Gasteiger partial charge in [-0.15, -0.1) is 0 Å². The smallest absolute Gasteiger partial charge is 0.407 e. The quantitative estimate of drug-likeness (QED) is 0.437. The number of alkyl carbamates (subject to hydrolysis) is 1. The van der Waals surface area contributed by atoms with Crippen molar-refractivity contribution < 1.29 is 9.53 Å². The number of ether oxygens (including phenoxy) is 1. The minimum absolute atomic E-state index is 0.108. The molecule has 0 aliphatic carbocycles. The van der Waals surface area contributed by atoms with Crippen molar-refractivity contribution in [2.75, 3.05) is 18.0 Å². The zero-order valence-corrected chi connectivity index (χ0v) is 22.2. The number of para-hydroxylation sites is 1. The maximum Gasteiger partial charge on any atom is 0.407 e. The molecule has 1 atom stereocenters. The molecule has 2 aromatic carbocycles. The number of fused-ring (bicyclic) bond motifs is 2. The zero-order chi connectivity index (χ0) is 27.0. The summed E-state index contributed by atoms with van der Waals surface area (Å²) < 4.78 is 8.78. The summed E-state index contributed by atoms with van der Waals surface area (Å²) in [5.74, 6) is 0. The number of hydrogen-bond donors (Lipinski definition) is 1. The molecular weight excluding hydrogens is 480 g/mol. The molecule has 0 radical (unpaired) electrons. The number of carbonyl (C=O) groups excluding carboxylic acids is 1. The first-order chi connectivity index (χ1) is 18.2. The molecular formula is C29H32N6O3. The van der Waals surface area contributed by atoms with Gasteiger partial charge in [0.2, 0.25) is 0 Å². The first-order valence-electron chi connectivity index (χ1n) is 12.9. The van der Waals surface area contributed by atoms with Crippen molar-refractivity contribution in [3.63, 3.8) is 0 Å². The number of imidazole rings is 1. The van der Waals surface area contributed by atoms with E-state index in [1.54, 1.807) is 22.2 Å².